The van der Waals surface area contributed by atoms with Gasteiger partial charge in [-0.1, -0.05) is 13.8 Å². The predicted octanol–water partition coefficient (Wildman–Crippen LogP) is 3.62. The zero-order chi connectivity index (χ0) is 19.8. The molecular weight excluding hydrogens is 470 g/mol. The molecule has 0 spiro atoms. The number of nitrogens with zero attached hydrogens (tertiary/aromatic N) is 3. The maximum absolute atomic E-state index is 12.9. The van der Waals surface area contributed by atoms with Crippen LogP contribution in [0.5, 0.6) is 0 Å². The fourth-order valence-electron chi connectivity index (χ4n) is 2.93. The number of hydrogen-bond acceptors (Lipinski definition) is 6. The van der Waals surface area contributed by atoms with E-state index >= 15 is 0 Å². The van der Waals surface area contributed by atoms with E-state index < -0.39 is 10.0 Å². The van der Waals surface area contributed by atoms with Crippen LogP contribution in [0.4, 0.5) is 0 Å². The number of sulfonamides is 1. The zero-order valence-corrected chi connectivity index (χ0v) is 19.5. The standard InChI is InChI=1S/C17H22BrN3O3S3/c1-11(2)10-14-19-12(3)16(26-14)17(22)20-6-8-21(9-7-20)27(23,24)15-5-4-13(18)25-15/h4-5,11H,6-10H2,1-3H3. The Bertz CT molecular complexity index is 928. The fourth-order valence-corrected chi connectivity index (χ4v) is 7.76. The molecule has 10 heteroatoms. The average molecular weight is 492 g/mol. The number of thiophene rings is 1. The molecule has 1 aliphatic rings. The number of aryl methyl sites for hydroxylation is 1. The molecule has 1 aliphatic heterocycles. The molecule has 0 saturated carbocycles. The van der Waals surface area contributed by atoms with E-state index in [0.29, 0.717) is 41.2 Å². The van der Waals surface area contributed by atoms with Crippen LogP contribution in [0.2, 0.25) is 0 Å². The van der Waals surface area contributed by atoms with E-state index in [1.165, 1.54) is 27.0 Å². The lowest BCUT2D eigenvalue weighted by atomic mass is 10.1. The van der Waals surface area contributed by atoms with Crippen LogP contribution < -0.4 is 0 Å². The number of carbonyl (C=O) groups excluding carboxylic acids is 1. The van der Waals surface area contributed by atoms with E-state index in [4.69, 9.17) is 0 Å². The van der Waals surface area contributed by atoms with Gasteiger partial charge in [-0.15, -0.1) is 22.7 Å². The van der Waals surface area contributed by atoms with Gasteiger partial charge in [-0.2, -0.15) is 4.31 Å². The number of hydrogen-bond donors (Lipinski definition) is 0. The lowest BCUT2D eigenvalue weighted by Gasteiger charge is -2.33. The zero-order valence-electron chi connectivity index (χ0n) is 15.4. The van der Waals surface area contributed by atoms with Gasteiger partial charge in [-0.3, -0.25) is 4.79 Å². The monoisotopic (exact) mass is 491 g/mol. The second-order valence-corrected chi connectivity index (χ2v) is 12.6. The van der Waals surface area contributed by atoms with Crippen LogP contribution in [0, 0.1) is 12.8 Å². The molecule has 3 heterocycles. The molecule has 3 rings (SSSR count). The number of rotatable bonds is 5. The summed E-state index contributed by atoms with van der Waals surface area (Å²) in [5.41, 5.74) is 0.763. The number of amides is 1. The van der Waals surface area contributed by atoms with Crippen molar-refractivity contribution >= 4 is 54.5 Å². The number of halogens is 1. The molecule has 0 bridgehead atoms. The Kier molecular flexibility index (Phi) is 6.41. The van der Waals surface area contributed by atoms with E-state index in [1.807, 2.05) is 6.92 Å². The minimum absolute atomic E-state index is 0.0454. The van der Waals surface area contributed by atoms with Gasteiger partial charge in [0.15, 0.2) is 0 Å². The fraction of sp³-hybridized carbons (Fsp3) is 0.529. The largest absolute Gasteiger partial charge is 0.335 e. The van der Waals surface area contributed by atoms with Crippen molar-refractivity contribution in [2.24, 2.45) is 5.92 Å². The van der Waals surface area contributed by atoms with E-state index in [9.17, 15) is 13.2 Å². The minimum atomic E-state index is -3.50. The summed E-state index contributed by atoms with van der Waals surface area (Å²) in [4.78, 5) is 19.8. The van der Waals surface area contributed by atoms with Crippen molar-refractivity contribution in [1.82, 2.24) is 14.2 Å². The number of aromatic nitrogens is 1. The molecular formula is C17H22BrN3O3S3. The van der Waals surface area contributed by atoms with E-state index in [-0.39, 0.29) is 5.91 Å². The van der Waals surface area contributed by atoms with Crippen molar-refractivity contribution < 1.29 is 13.2 Å². The third-order valence-corrected chi connectivity index (χ3v) is 9.44. The Balaban J connectivity index is 1.67. The van der Waals surface area contributed by atoms with Gasteiger partial charge in [-0.25, -0.2) is 13.4 Å². The van der Waals surface area contributed by atoms with E-state index in [0.717, 1.165) is 20.9 Å². The number of piperazine rings is 1. The molecule has 0 atom stereocenters. The minimum Gasteiger partial charge on any atom is -0.335 e. The molecule has 6 nitrogen and oxygen atoms in total. The van der Waals surface area contributed by atoms with Gasteiger partial charge in [0.1, 0.15) is 9.09 Å². The maximum Gasteiger partial charge on any atom is 0.265 e. The third kappa shape index (κ3) is 4.61. The van der Waals surface area contributed by atoms with Crippen LogP contribution in [-0.4, -0.2) is 54.7 Å². The Labute approximate surface area is 176 Å². The van der Waals surface area contributed by atoms with Gasteiger partial charge in [-0.05, 0) is 40.9 Å². The van der Waals surface area contributed by atoms with Gasteiger partial charge >= 0.3 is 0 Å². The third-order valence-electron chi connectivity index (χ3n) is 4.29. The highest BCUT2D eigenvalue weighted by atomic mass is 79.9. The number of thiazole rings is 1. The molecule has 0 radical (unpaired) electrons. The highest BCUT2D eigenvalue weighted by molar-refractivity contribution is 9.11. The van der Waals surface area contributed by atoms with Gasteiger partial charge in [0.05, 0.1) is 14.5 Å². The van der Waals surface area contributed by atoms with E-state index in [2.05, 4.69) is 34.8 Å². The van der Waals surface area contributed by atoms with Crippen LogP contribution in [0.15, 0.2) is 20.1 Å². The maximum atomic E-state index is 12.9. The normalized spacial score (nSPS) is 16.3. The average Bonchev–Trinajstić information content (AvgIpc) is 3.20. The SMILES string of the molecule is Cc1nc(CC(C)C)sc1C(=O)N1CCN(S(=O)(=O)c2ccc(Br)s2)CC1. The summed E-state index contributed by atoms with van der Waals surface area (Å²) < 4.78 is 28.0. The summed E-state index contributed by atoms with van der Waals surface area (Å²) in [6, 6.07) is 3.34. The van der Waals surface area contributed by atoms with Gasteiger partial charge in [0.2, 0.25) is 0 Å². The predicted molar refractivity (Wildman–Crippen MR) is 112 cm³/mol. The van der Waals surface area contributed by atoms with Crippen molar-refractivity contribution in [1.29, 1.82) is 0 Å². The van der Waals surface area contributed by atoms with Crippen molar-refractivity contribution in [3.63, 3.8) is 0 Å². The Hall–Kier alpha value is -0.810. The topological polar surface area (TPSA) is 70.6 Å². The summed E-state index contributed by atoms with van der Waals surface area (Å²) in [5, 5.41) is 0.982. The Morgan fingerprint density at radius 1 is 1.22 bits per heavy atom. The Morgan fingerprint density at radius 2 is 1.89 bits per heavy atom. The first kappa shape index (κ1) is 20.9. The molecule has 27 heavy (non-hydrogen) atoms. The summed E-state index contributed by atoms with van der Waals surface area (Å²) in [5.74, 6) is 0.445. The lowest BCUT2D eigenvalue weighted by Crippen LogP contribution is -2.50. The summed E-state index contributed by atoms with van der Waals surface area (Å²) >= 11 is 5.96. The molecule has 1 saturated heterocycles. The lowest BCUT2D eigenvalue weighted by molar-refractivity contribution is 0.0702. The van der Waals surface area contributed by atoms with Crippen molar-refractivity contribution in [3.8, 4) is 0 Å². The number of carbonyl (C=O) groups is 1. The quantitative estimate of drug-likeness (QED) is 0.640. The molecule has 0 aliphatic carbocycles. The second-order valence-electron chi connectivity index (χ2n) is 6.87. The molecule has 2 aromatic rings. The highest BCUT2D eigenvalue weighted by Crippen LogP contribution is 2.29. The second kappa shape index (κ2) is 8.28. The van der Waals surface area contributed by atoms with Crippen LogP contribution >= 0.6 is 38.6 Å². The van der Waals surface area contributed by atoms with Crippen LogP contribution in [-0.2, 0) is 16.4 Å². The van der Waals surface area contributed by atoms with Crippen LogP contribution in [0.1, 0.15) is 34.2 Å². The van der Waals surface area contributed by atoms with Gasteiger partial charge in [0, 0.05) is 32.6 Å². The smallest absolute Gasteiger partial charge is 0.265 e. The summed E-state index contributed by atoms with van der Waals surface area (Å²) in [7, 11) is -3.50. The first-order chi connectivity index (χ1) is 12.7. The highest BCUT2D eigenvalue weighted by Gasteiger charge is 2.32. The van der Waals surface area contributed by atoms with Crippen molar-refractivity contribution in [3.05, 3.63) is 31.5 Å². The molecule has 0 unspecified atom stereocenters. The van der Waals surface area contributed by atoms with Gasteiger partial charge < -0.3 is 4.90 Å². The van der Waals surface area contributed by atoms with Crippen LogP contribution in [0.25, 0.3) is 0 Å². The summed E-state index contributed by atoms with van der Waals surface area (Å²) in [6.07, 6.45) is 0.862. The Morgan fingerprint density at radius 3 is 2.44 bits per heavy atom. The summed E-state index contributed by atoms with van der Waals surface area (Å²) in [6.45, 7) is 7.51. The molecule has 0 N–H and O–H groups in total. The molecule has 148 valence electrons. The van der Waals surface area contributed by atoms with Gasteiger partial charge in [0.25, 0.3) is 15.9 Å². The van der Waals surface area contributed by atoms with Crippen LogP contribution in [0.3, 0.4) is 0 Å². The first-order valence-corrected chi connectivity index (χ1v) is 12.6. The van der Waals surface area contributed by atoms with Crippen molar-refractivity contribution in [2.75, 3.05) is 26.2 Å². The van der Waals surface area contributed by atoms with Crippen molar-refractivity contribution in [2.45, 2.75) is 31.4 Å². The molecule has 0 aromatic carbocycles. The molecule has 2 aromatic heterocycles. The first-order valence-electron chi connectivity index (χ1n) is 8.69. The molecule has 1 amide bonds. The molecule has 1 fully saturated rings. The van der Waals surface area contributed by atoms with E-state index in [1.54, 1.807) is 17.0 Å².